The predicted octanol–water partition coefficient (Wildman–Crippen LogP) is 3.42. The van der Waals surface area contributed by atoms with Crippen LogP contribution >= 0.6 is 0 Å². The normalized spacial score (nSPS) is 21.5. The van der Waals surface area contributed by atoms with Crippen molar-refractivity contribution < 1.29 is 14.6 Å². The first kappa shape index (κ1) is 16.5. The topological polar surface area (TPSA) is 49.8 Å². The maximum absolute atomic E-state index is 12.5. The van der Waals surface area contributed by atoms with E-state index >= 15 is 0 Å². The summed E-state index contributed by atoms with van der Waals surface area (Å²) in [5.41, 5.74) is 0.952. The Hall–Kier alpha value is -2.33. The quantitative estimate of drug-likeness (QED) is 0.937. The van der Waals surface area contributed by atoms with Gasteiger partial charge < -0.3 is 14.7 Å². The fourth-order valence-electron chi connectivity index (χ4n) is 2.97. The van der Waals surface area contributed by atoms with E-state index in [-0.39, 0.29) is 12.0 Å². The lowest BCUT2D eigenvalue weighted by molar-refractivity contribution is 0.0572. The maximum atomic E-state index is 12.5. The number of carbonyl (C=O) groups excluding carboxylic acids is 1. The largest absolute Gasteiger partial charge is 0.486 e. The number of hydrogen-bond acceptors (Lipinski definition) is 3. The van der Waals surface area contributed by atoms with Crippen LogP contribution in [0.2, 0.25) is 0 Å². The summed E-state index contributed by atoms with van der Waals surface area (Å²) in [6.07, 6.45) is 0.565. The third-order valence-corrected chi connectivity index (χ3v) is 4.42. The predicted molar refractivity (Wildman–Crippen MR) is 93.1 cm³/mol. The van der Waals surface area contributed by atoms with Crippen LogP contribution in [-0.2, 0) is 0 Å². The van der Waals surface area contributed by atoms with Crippen LogP contribution in [0, 0.1) is 0 Å². The Bertz CT molecular complexity index is 695. The summed E-state index contributed by atoms with van der Waals surface area (Å²) in [4.78, 5) is 14.2. The molecule has 24 heavy (non-hydrogen) atoms. The molecule has 0 radical (unpaired) electrons. The Kier molecular flexibility index (Phi) is 4.58. The van der Waals surface area contributed by atoms with Gasteiger partial charge in [0.25, 0.3) is 5.91 Å². The Balaban J connectivity index is 1.64. The second kappa shape index (κ2) is 6.65. The van der Waals surface area contributed by atoms with Gasteiger partial charge in [0.2, 0.25) is 0 Å². The van der Waals surface area contributed by atoms with Crippen molar-refractivity contribution in [1.82, 2.24) is 4.90 Å². The standard InChI is InChI=1S/C20H23NO3/c1-15(16-6-4-3-5-7-16)24-18-10-8-17(9-11-18)19(22)21-13-12-20(2,23)14-21/h3-11,15,23H,12-14H2,1-2H3. The van der Waals surface area contributed by atoms with Crippen molar-refractivity contribution in [3.63, 3.8) is 0 Å². The van der Waals surface area contributed by atoms with Crippen LogP contribution in [0.1, 0.15) is 42.3 Å². The molecule has 1 aliphatic rings. The van der Waals surface area contributed by atoms with Gasteiger partial charge in [0.15, 0.2) is 0 Å². The summed E-state index contributed by atoms with van der Waals surface area (Å²) in [5, 5.41) is 10.00. The molecule has 0 saturated carbocycles. The van der Waals surface area contributed by atoms with E-state index in [9.17, 15) is 9.90 Å². The van der Waals surface area contributed by atoms with Crippen molar-refractivity contribution in [2.75, 3.05) is 13.1 Å². The highest BCUT2D eigenvalue weighted by Gasteiger charge is 2.34. The Morgan fingerprint density at radius 3 is 2.42 bits per heavy atom. The third-order valence-electron chi connectivity index (χ3n) is 4.42. The number of β-amino-alcohol motifs (C(OH)–C–C–N with tert-alkyl or cyclic N) is 1. The van der Waals surface area contributed by atoms with Gasteiger partial charge in [-0.05, 0) is 50.1 Å². The molecule has 1 saturated heterocycles. The molecule has 0 aromatic heterocycles. The van der Waals surface area contributed by atoms with Gasteiger partial charge in [0.05, 0.1) is 5.60 Å². The van der Waals surface area contributed by atoms with Gasteiger partial charge >= 0.3 is 0 Å². The van der Waals surface area contributed by atoms with E-state index in [1.54, 1.807) is 24.0 Å². The molecule has 3 rings (SSSR count). The van der Waals surface area contributed by atoms with Gasteiger partial charge in [-0.1, -0.05) is 30.3 Å². The minimum atomic E-state index is -0.774. The fraction of sp³-hybridized carbons (Fsp3) is 0.350. The molecule has 0 aliphatic carbocycles. The summed E-state index contributed by atoms with van der Waals surface area (Å²) in [5.74, 6) is 0.687. The number of rotatable bonds is 4. The Morgan fingerprint density at radius 2 is 1.83 bits per heavy atom. The van der Waals surface area contributed by atoms with Crippen LogP contribution in [-0.4, -0.2) is 34.6 Å². The maximum Gasteiger partial charge on any atom is 0.253 e. The van der Waals surface area contributed by atoms with E-state index in [1.807, 2.05) is 49.4 Å². The number of amides is 1. The Labute approximate surface area is 142 Å². The van der Waals surface area contributed by atoms with Crippen molar-refractivity contribution in [2.24, 2.45) is 0 Å². The van der Waals surface area contributed by atoms with E-state index in [1.165, 1.54) is 0 Å². The lowest BCUT2D eigenvalue weighted by Crippen LogP contribution is -2.33. The van der Waals surface area contributed by atoms with Crippen LogP contribution in [0.15, 0.2) is 54.6 Å². The highest BCUT2D eigenvalue weighted by Crippen LogP contribution is 2.24. The number of ether oxygens (including phenoxy) is 1. The zero-order valence-corrected chi connectivity index (χ0v) is 14.1. The molecular formula is C20H23NO3. The molecule has 1 amide bonds. The van der Waals surface area contributed by atoms with E-state index < -0.39 is 5.60 Å². The summed E-state index contributed by atoms with van der Waals surface area (Å²) in [7, 11) is 0. The minimum absolute atomic E-state index is 0.0459. The molecule has 2 aromatic rings. The van der Waals surface area contributed by atoms with Crippen LogP contribution < -0.4 is 4.74 Å². The number of nitrogens with zero attached hydrogens (tertiary/aromatic N) is 1. The number of carbonyl (C=O) groups is 1. The molecule has 2 atom stereocenters. The summed E-state index contributed by atoms with van der Waals surface area (Å²) in [6, 6.07) is 17.2. The van der Waals surface area contributed by atoms with Gasteiger partial charge in [-0.2, -0.15) is 0 Å². The van der Waals surface area contributed by atoms with E-state index in [4.69, 9.17) is 4.74 Å². The molecule has 126 valence electrons. The van der Waals surface area contributed by atoms with Gasteiger partial charge in [0, 0.05) is 18.7 Å². The molecular weight excluding hydrogens is 302 g/mol. The van der Waals surface area contributed by atoms with Crippen molar-refractivity contribution >= 4 is 5.91 Å². The average molecular weight is 325 g/mol. The van der Waals surface area contributed by atoms with E-state index in [0.717, 1.165) is 11.3 Å². The van der Waals surface area contributed by atoms with Crippen molar-refractivity contribution in [3.05, 3.63) is 65.7 Å². The van der Waals surface area contributed by atoms with Crippen molar-refractivity contribution in [2.45, 2.75) is 32.0 Å². The number of aliphatic hydroxyl groups is 1. The van der Waals surface area contributed by atoms with Crippen LogP contribution in [0.5, 0.6) is 5.75 Å². The van der Waals surface area contributed by atoms with Crippen molar-refractivity contribution in [1.29, 1.82) is 0 Å². The van der Waals surface area contributed by atoms with Crippen LogP contribution in [0.25, 0.3) is 0 Å². The highest BCUT2D eigenvalue weighted by atomic mass is 16.5. The molecule has 1 fully saturated rings. The van der Waals surface area contributed by atoms with Crippen molar-refractivity contribution in [3.8, 4) is 5.75 Å². The molecule has 2 aromatic carbocycles. The average Bonchev–Trinajstić information content (AvgIpc) is 2.95. The SMILES string of the molecule is CC(Oc1ccc(C(=O)N2CCC(C)(O)C2)cc1)c1ccccc1. The highest BCUT2D eigenvalue weighted by molar-refractivity contribution is 5.94. The van der Waals surface area contributed by atoms with Gasteiger partial charge in [-0.15, -0.1) is 0 Å². The number of benzene rings is 2. The van der Waals surface area contributed by atoms with Crippen LogP contribution in [0.4, 0.5) is 0 Å². The van der Waals surface area contributed by atoms with Gasteiger partial charge in [-0.3, -0.25) is 4.79 Å². The lowest BCUT2D eigenvalue weighted by atomic mass is 10.1. The Morgan fingerprint density at radius 1 is 1.17 bits per heavy atom. The first-order valence-electron chi connectivity index (χ1n) is 8.28. The minimum Gasteiger partial charge on any atom is -0.486 e. The molecule has 1 heterocycles. The fourth-order valence-corrected chi connectivity index (χ4v) is 2.97. The molecule has 4 heteroatoms. The zero-order valence-electron chi connectivity index (χ0n) is 14.1. The molecule has 1 aliphatic heterocycles. The monoisotopic (exact) mass is 325 g/mol. The van der Waals surface area contributed by atoms with Gasteiger partial charge in [0.1, 0.15) is 11.9 Å². The second-order valence-electron chi connectivity index (χ2n) is 6.67. The summed E-state index contributed by atoms with van der Waals surface area (Å²) in [6.45, 7) is 4.74. The zero-order chi connectivity index (χ0) is 17.2. The first-order chi connectivity index (χ1) is 11.4. The number of hydrogen-bond donors (Lipinski definition) is 1. The molecule has 0 bridgehead atoms. The smallest absolute Gasteiger partial charge is 0.253 e. The first-order valence-corrected chi connectivity index (χ1v) is 8.28. The molecule has 2 unspecified atom stereocenters. The molecule has 0 spiro atoms. The second-order valence-corrected chi connectivity index (χ2v) is 6.67. The van der Waals surface area contributed by atoms with E-state index in [0.29, 0.717) is 25.1 Å². The van der Waals surface area contributed by atoms with E-state index in [2.05, 4.69) is 0 Å². The third kappa shape index (κ3) is 3.77. The van der Waals surface area contributed by atoms with Gasteiger partial charge in [-0.25, -0.2) is 0 Å². The van der Waals surface area contributed by atoms with Crippen LogP contribution in [0.3, 0.4) is 0 Å². The summed E-state index contributed by atoms with van der Waals surface area (Å²) >= 11 is 0. The summed E-state index contributed by atoms with van der Waals surface area (Å²) < 4.78 is 5.93. The lowest BCUT2D eigenvalue weighted by Gasteiger charge is -2.19. The number of likely N-dealkylation sites (tertiary alicyclic amines) is 1. The molecule has 1 N–H and O–H groups in total. The molecule has 4 nitrogen and oxygen atoms in total.